The molecule has 1 rings (SSSR count). The van der Waals surface area contributed by atoms with Gasteiger partial charge in [-0.1, -0.05) is 12.1 Å². The molecule has 1 amide bonds. The van der Waals surface area contributed by atoms with Crippen LogP contribution in [0, 0.1) is 13.8 Å². The smallest absolute Gasteiger partial charge is 0.223 e. The van der Waals surface area contributed by atoms with Crippen LogP contribution in [0.4, 0.5) is 0 Å². The summed E-state index contributed by atoms with van der Waals surface area (Å²) in [6.45, 7) is 11.8. The Morgan fingerprint density at radius 2 is 1.76 bits per heavy atom. The van der Waals surface area contributed by atoms with Crippen LogP contribution in [0.25, 0.3) is 0 Å². The predicted octanol–water partition coefficient (Wildman–Crippen LogP) is 2.71. The highest BCUT2D eigenvalue weighted by Gasteiger charge is 2.11. The monoisotopic (exact) mass is 292 g/mol. The Labute approximate surface area is 128 Å². The average molecular weight is 292 g/mol. The lowest BCUT2D eigenvalue weighted by Crippen LogP contribution is -2.35. The van der Waals surface area contributed by atoms with Crippen molar-refractivity contribution in [2.24, 2.45) is 0 Å². The van der Waals surface area contributed by atoms with Gasteiger partial charge in [0.25, 0.3) is 0 Å². The first-order valence-electron chi connectivity index (χ1n) is 7.41. The molecule has 0 aliphatic rings. The second kappa shape index (κ2) is 7.46. The highest BCUT2D eigenvalue weighted by Crippen LogP contribution is 2.25. The molecule has 0 spiro atoms. The van der Waals surface area contributed by atoms with E-state index in [1.807, 2.05) is 13.8 Å². The van der Waals surface area contributed by atoms with E-state index in [-0.39, 0.29) is 11.4 Å². The quantitative estimate of drug-likeness (QED) is 0.847. The second-order valence-electron chi connectivity index (χ2n) is 6.43. The molecule has 4 heteroatoms. The van der Waals surface area contributed by atoms with Gasteiger partial charge in [-0.15, -0.1) is 0 Å². The molecule has 2 N–H and O–H groups in total. The van der Waals surface area contributed by atoms with E-state index in [0.29, 0.717) is 13.0 Å². The Kier molecular flexibility index (Phi) is 6.21. The van der Waals surface area contributed by atoms with E-state index in [4.69, 9.17) is 4.74 Å². The summed E-state index contributed by atoms with van der Waals surface area (Å²) in [6.07, 6.45) is 0.378. The topological polar surface area (TPSA) is 50.4 Å². The van der Waals surface area contributed by atoms with Crippen LogP contribution in [0.5, 0.6) is 5.75 Å². The lowest BCUT2D eigenvalue weighted by Gasteiger charge is -2.21. The number of nitrogens with one attached hydrogen (secondary N) is 2. The second-order valence-corrected chi connectivity index (χ2v) is 6.43. The SMILES string of the molecule is CNC(=O)CCOc1c(C)cc(CNC(C)(C)C)cc1C. The number of aryl methyl sites for hydroxylation is 2. The molecule has 0 saturated heterocycles. The van der Waals surface area contributed by atoms with Crippen LogP contribution in [0.1, 0.15) is 43.9 Å². The maximum Gasteiger partial charge on any atom is 0.223 e. The number of hydrogen-bond acceptors (Lipinski definition) is 3. The van der Waals surface area contributed by atoms with Crippen LogP contribution in [-0.2, 0) is 11.3 Å². The molecule has 0 saturated carbocycles. The van der Waals surface area contributed by atoms with Gasteiger partial charge in [0, 0.05) is 19.1 Å². The first-order chi connectivity index (χ1) is 9.73. The summed E-state index contributed by atoms with van der Waals surface area (Å²) in [5.41, 5.74) is 3.57. The van der Waals surface area contributed by atoms with Gasteiger partial charge in [-0.25, -0.2) is 0 Å². The van der Waals surface area contributed by atoms with E-state index in [2.05, 4.69) is 43.5 Å². The van der Waals surface area contributed by atoms with Crippen LogP contribution in [0.2, 0.25) is 0 Å². The lowest BCUT2D eigenvalue weighted by atomic mass is 10.0. The third-order valence-electron chi connectivity index (χ3n) is 3.20. The molecule has 0 aliphatic heterocycles. The summed E-state index contributed by atoms with van der Waals surface area (Å²) in [4.78, 5) is 11.2. The van der Waals surface area contributed by atoms with Gasteiger partial charge in [0.2, 0.25) is 5.91 Å². The Bertz CT molecular complexity index is 467. The minimum absolute atomic E-state index is 0.00342. The molecule has 118 valence electrons. The molecule has 21 heavy (non-hydrogen) atoms. The molecule has 0 heterocycles. The average Bonchev–Trinajstić information content (AvgIpc) is 2.38. The number of hydrogen-bond donors (Lipinski definition) is 2. The normalized spacial score (nSPS) is 11.3. The highest BCUT2D eigenvalue weighted by molar-refractivity contribution is 5.75. The minimum atomic E-state index is -0.00342. The largest absolute Gasteiger partial charge is 0.493 e. The van der Waals surface area contributed by atoms with E-state index in [1.165, 1.54) is 5.56 Å². The van der Waals surface area contributed by atoms with E-state index in [0.717, 1.165) is 23.4 Å². The van der Waals surface area contributed by atoms with Crippen molar-refractivity contribution in [1.82, 2.24) is 10.6 Å². The van der Waals surface area contributed by atoms with E-state index in [1.54, 1.807) is 7.05 Å². The van der Waals surface area contributed by atoms with Gasteiger partial charge < -0.3 is 15.4 Å². The Morgan fingerprint density at radius 1 is 1.19 bits per heavy atom. The van der Waals surface area contributed by atoms with Crippen LogP contribution in [0.15, 0.2) is 12.1 Å². The zero-order valence-corrected chi connectivity index (χ0v) is 14.1. The molecule has 0 fully saturated rings. The molecular weight excluding hydrogens is 264 g/mol. The van der Waals surface area contributed by atoms with Gasteiger partial charge in [0.1, 0.15) is 5.75 Å². The minimum Gasteiger partial charge on any atom is -0.493 e. The maximum absolute atomic E-state index is 11.2. The van der Waals surface area contributed by atoms with Crippen molar-refractivity contribution in [3.05, 3.63) is 28.8 Å². The van der Waals surface area contributed by atoms with Crippen LogP contribution >= 0.6 is 0 Å². The summed E-state index contributed by atoms with van der Waals surface area (Å²) in [6, 6.07) is 4.28. The maximum atomic E-state index is 11.2. The lowest BCUT2D eigenvalue weighted by molar-refractivity contribution is -0.121. The van der Waals surface area contributed by atoms with Gasteiger partial charge >= 0.3 is 0 Å². The first kappa shape index (κ1) is 17.5. The molecular formula is C17H28N2O2. The van der Waals surface area contributed by atoms with Crippen LogP contribution in [-0.4, -0.2) is 25.1 Å². The van der Waals surface area contributed by atoms with Crippen LogP contribution in [0.3, 0.4) is 0 Å². The van der Waals surface area contributed by atoms with Crippen molar-refractivity contribution >= 4 is 5.91 Å². The van der Waals surface area contributed by atoms with Crippen molar-refractivity contribution in [3.8, 4) is 5.75 Å². The zero-order valence-electron chi connectivity index (χ0n) is 14.1. The summed E-state index contributed by atoms with van der Waals surface area (Å²) >= 11 is 0. The summed E-state index contributed by atoms with van der Waals surface area (Å²) in [5, 5.41) is 6.08. The van der Waals surface area contributed by atoms with Gasteiger partial charge in [-0.2, -0.15) is 0 Å². The van der Waals surface area contributed by atoms with Gasteiger partial charge in [-0.3, -0.25) is 4.79 Å². The zero-order chi connectivity index (χ0) is 16.0. The van der Waals surface area contributed by atoms with Crippen molar-refractivity contribution in [2.45, 2.75) is 53.1 Å². The summed E-state index contributed by atoms with van der Waals surface area (Å²) in [5.74, 6) is 0.884. The fourth-order valence-electron chi connectivity index (χ4n) is 2.11. The van der Waals surface area contributed by atoms with Gasteiger partial charge in [0.05, 0.1) is 13.0 Å². The molecule has 0 radical (unpaired) electrons. The third-order valence-corrected chi connectivity index (χ3v) is 3.20. The fourth-order valence-corrected chi connectivity index (χ4v) is 2.11. The van der Waals surface area contributed by atoms with Crippen molar-refractivity contribution in [2.75, 3.05) is 13.7 Å². The number of benzene rings is 1. The van der Waals surface area contributed by atoms with Crippen molar-refractivity contribution in [3.63, 3.8) is 0 Å². The Balaban J connectivity index is 2.69. The van der Waals surface area contributed by atoms with Crippen LogP contribution < -0.4 is 15.4 Å². The van der Waals surface area contributed by atoms with E-state index >= 15 is 0 Å². The van der Waals surface area contributed by atoms with E-state index in [9.17, 15) is 4.79 Å². The molecule has 0 aromatic heterocycles. The fraction of sp³-hybridized carbons (Fsp3) is 0.588. The van der Waals surface area contributed by atoms with Crippen molar-refractivity contribution in [1.29, 1.82) is 0 Å². The molecule has 0 unspecified atom stereocenters. The van der Waals surface area contributed by atoms with Crippen molar-refractivity contribution < 1.29 is 9.53 Å². The Morgan fingerprint density at radius 3 is 2.24 bits per heavy atom. The molecule has 0 bridgehead atoms. The molecule has 0 aliphatic carbocycles. The highest BCUT2D eigenvalue weighted by atomic mass is 16.5. The number of amides is 1. The predicted molar refractivity (Wildman–Crippen MR) is 86.7 cm³/mol. The van der Waals surface area contributed by atoms with E-state index < -0.39 is 0 Å². The first-order valence-corrected chi connectivity index (χ1v) is 7.41. The summed E-state index contributed by atoms with van der Waals surface area (Å²) in [7, 11) is 1.63. The summed E-state index contributed by atoms with van der Waals surface area (Å²) < 4.78 is 5.76. The number of rotatable bonds is 6. The Hall–Kier alpha value is -1.55. The number of carbonyl (C=O) groups is 1. The number of carbonyl (C=O) groups excluding carboxylic acids is 1. The molecule has 4 nitrogen and oxygen atoms in total. The standard InChI is InChI=1S/C17H28N2O2/c1-12-9-14(11-19-17(3,4)5)10-13(2)16(12)21-8-7-15(20)18-6/h9-10,19H,7-8,11H2,1-6H3,(H,18,20). The third kappa shape index (κ3) is 6.17. The van der Waals surface area contributed by atoms with Gasteiger partial charge in [-0.05, 0) is 51.3 Å². The molecule has 1 aromatic carbocycles. The molecule has 0 atom stereocenters. The molecule has 1 aromatic rings. The van der Waals surface area contributed by atoms with Gasteiger partial charge in [0.15, 0.2) is 0 Å². The number of ether oxygens (including phenoxy) is 1.